The highest BCUT2D eigenvalue weighted by atomic mass is 19.4. The number of hydrogen-bond donors (Lipinski definition) is 1. The zero-order chi connectivity index (χ0) is 13.3. The first-order valence-corrected chi connectivity index (χ1v) is 5.46. The fraction of sp³-hybridized carbons (Fsp3) is 0.417. The molecule has 0 aliphatic carbocycles. The van der Waals surface area contributed by atoms with Crippen molar-refractivity contribution < 1.29 is 22.7 Å². The van der Waals surface area contributed by atoms with Gasteiger partial charge in [-0.25, -0.2) is 0 Å². The van der Waals surface area contributed by atoms with Crippen LogP contribution in [-0.4, -0.2) is 19.6 Å². The minimum absolute atomic E-state index is 0.353. The van der Waals surface area contributed by atoms with Crippen LogP contribution >= 0.6 is 0 Å². The maximum atomic E-state index is 12.6. The van der Waals surface area contributed by atoms with Crippen molar-refractivity contribution in [1.82, 2.24) is 0 Å². The van der Waals surface area contributed by atoms with Gasteiger partial charge in [0.15, 0.2) is 0 Å². The van der Waals surface area contributed by atoms with Gasteiger partial charge in [-0.05, 0) is 24.1 Å². The molecule has 0 unspecified atom stereocenters. The second kappa shape index (κ2) is 4.51. The topological polar surface area (TPSA) is 38.3 Å². The lowest BCUT2D eigenvalue weighted by Crippen LogP contribution is -2.24. The molecule has 2 rings (SSSR count). The average molecular weight is 259 g/mol. The van der Waals surface area contributed by atoms with E-state index in [2.05, 4.69) is 10.1 Å². The molecule has 1 aromatic rings. The van der Waals surface area contributed by atoms with Crippen molar-refractivity contribution in [2.45, 2.75) is 18.5 Å². The second-order valence-corrected chi connectivity index (χ2v) is 4.09. The van der Waals surface area contributed by atoms with Crippen LogP contribution in [0.2, 0.25) is 0 Å². The third-order valence-corrected chi connectivity index (χ3v) is 2.99. The summed E-state index contributed by atoms with van der Waals surface area (Å²) in [6.45, 7) is 0.452. The van der Waals surface area contributed by atoms with E-state index in [0.29, 0.717) is 24.2 Å². The fourth-order valence-corrected chi connectivity index (χ4v) is 2.08. The van der Waals surface area contributed by atoms with Crippen molar-refractivity contribution in [2.75, 3.05) is 19.0 Å². The summed E-state index contributed by atoms with van der Waals surface area (Å²) in [6, 6.07) is 3.36. The van der Waals surface area contributed by atoms with Crippen LogP contribution in [0.15, 0.2) is 18.2 Å². The van der Waals surface area contributed by atoms with Gasteiger partial charge in [-0.2, -0.15) is 13.2 Å². The Kier molecular flexibility index (Phi) is 3.19. The molecule has 1 atom stereocenters. The summed E-state index contributed by atoms with van der Waals surface area (Å²) in [6.07, 6.45) is -3.86. The van der Waals surface area contributed by atoms with E-state index in [-0.39, 0.29) is 0 Å². The molecule has 0 radical (unpaired) electrons. The molecule has 0 saturated carbocycles. The number of nitrogens with one attached hydrogen (secondary N) is 1. The molecule has 1 N–H and O–H groups in total. The van der Waals surface area contributed by atoms with Crippen molar-refractivity contribution >= 4 is 11.7 Å². The van der Waals surface area contributed by atoms with Crippen molar-refractivity contribution in [3.05, 3.63) is 29.3 Å². The molecule has 0 fully saturated rings. The summed E-state index contributed by atoms with van der Waals surface area (Å²) in [5, 5.41) is 2.88. The number of carbonyl (C=O) groups is 1. The quantitative estimate of drug-likeness (QED) is 0.788. The van der Waals surface area contributed by atoms with Gasteiger partial charge in [-0.15, -0.1) is 0 Å². The van der Waals surface area contributed by atoms with Crippen LogP contribution < -0.4 is 5.32 Å². The number of carbonyl (C=O) groups excluding carboxylic acids is 1. The number of esters is 1. The first-order valence-electron chi connectivity index (χ1n) is 5.46. The first kappa shape index (κ1) is 12.7. The van der Waals surface area contributed by atoms with Crippen LogP contribution in [0.1, 0.15) is 23.5 Å². The minimum Gasteiger partial charge on any atom is -0.469 e. The Bertz CT molecular complexity index is 471. The number of ether oxygens (including phenoxy) is 1. The largest absolute Gasteiger partial charge is 0.469 e. The molecule has 0 amide bonds. The number of methoxy groups -OCH3 is 1. The number of anilines is 1. The van der Waals surface area contributed by atoms with Gasteiger partial charge in [0.1, 0.15) is 0 Å². The van der Waals surface area contributed by atoms with Gasteiger partial charge in [0.25, 0.3) is 0 Å². The molecule has 0 bridgehead atoms. The van der Waals surface area contributed by atoms with Gasteiger partial charge in [-0.3, -0.25) is 4.79 Å². The number of rotatable bonds is 1. The number of fused-ring (bicyclic) bond motifs is 1. The van der Waals surface area contributed by atoms with E-state index in [0.717, 1.165) is 12.1 Å². The van der Waals surface area contributed by atoms with Crippen LogP contribution in [0.3, 0.4) is 0 Å². The molecule has 1 heterocycles. The van der Waals surface area contributed by atoms with E-state index in [1.165, 1.54) is 13.2 Å². The Morgan fingerprint density at radius 2 is 2.17 bits per heavy atom. The standard InChI is InChI=1S/C12H12F3NO2/c1-18-11(17)9-4-5-16-10-6-7(12(13,14)15)2-3-8(9)10/h2-3,6,9,16H,4-5H2,1H3/t9-/m0/s1. The maximum Gasteiger partial charge on any atom is 0.416 e. The third-order valence-electron chi connectivity index (χ3n) is 2.99. The highest BCUT2D eigenvalue weighted by Crippen LogP contribution is 2.37. The van der Waals surface area contributed by atoms with E-state index < -0.39 is 23.6 Å². The molecule has 0 spiro atoms. The zero-order valence-electron chi connectivity index (χ0n) is 9.67. The summed E-state index contributed by atoms with van der Waals surface area (Å²) in [5.41, 5.74) is 0.187. The van der Waals surface area contributed by atoms with E-state index in [4.69, 9.17) is 0 Å². The third kappa shape index (κ3) is 2.27. The Hall–Kier alpha value is -1.72. The zero-order valence-corrected chi connectivity index (χ0v) is 9.67. The minimum atomic E-state index is -4.38. The lowest BCUT2D eigenvalue weighted by atomic mass is 9.90. The number of benzene rings is 1. The van der Waals surface area contributed by atoms with Crippen molar-refractivity contribution in [1.29, 1.82) is 0 Å². The number of hydrogen-bond acceptors (Lipinski definition) is 3. The van der Waals surface area contributed by atoms with Gasteiger partial charge in [-0.1, -0.05) is 6.07 Å². The highest BCUT2D eigenvalue weighted by Gasteiger charge is 2.33. The molecule has 1 aliphatic rings. The van der Waals surface area contributed by atoms with Gasteiger partial charge >= 0.3 is 12.1 Å². The Balaban J connectivity index is 2.40. The van der Waals surface area contributed by atoms with Crippen LogP contribution in [0.25, 0.3) is 0 Å². The molecule has 0 aromatic heterocycles. The number of halogens is 3. The number of alkyl halides is 3. The summed E-state index contributed by atoms with van der Waals surface area (Å²) >= 11 is 0. The fourth-order valence-electron chi connectivity index (χ4n) is 2.08. The van der Waals surface area contributed by atoms with Crippen LogP contribution in [0.5, 0.6) is 0 Å². The SMILES string of the molecule is COC(=O)[C@H]1CCNc2cc(C(F)(F)F)ccc21. The van der Waals surface area contributed by atoms with Gasteiger partial charge in [0.05, 0.1) is 18.6 Å². The van der Waals surface area contributed by atoms with Crippen LogP contribution in [-0.2, 0) is 15.7 Å². The Morgan fingerprint density at radius 3 is 2.78 bits per heavy atom. The van der Waals surface area contributed by atoms with Gasteiger partial charge in [0, 0.05) is 12.2 Å². The van der Waals surface area contributed by atoms with Crippen LogP contribution in [0, 0.1) is 0 Å². The average Bonchev–Trinajstić information content (AvgIpc) is 2.35. The molecule has 1 aromatic carbocycles. The molecule has 0 saturated heterocycles. The van der Waals surface area contributed by atoms with Gasteiger partial charge < -0.3 is 10.1 Å². The molecule has 98 valence electrons. The molecular weight excluding hydrogens is 247 g/mol. The van der Waals surface area contributed by atoms with E-state index in [1.54, 1.807) is 0 Å². The smallest absolute Gasteiger partial charge is 0.416 e. The van der Waals surface area contributed by atoms with Crippen LogP contribution in [0.4, 0.5) is 18.9 Å². The van der Waals surface area contributed by atoms with E-state index in [1.807, 2.05) is 0 Å². The van der Waals surface area contributed by atoms with Crippen molar-refractivity contribution in [3.63, 3.8) is 0 Å². The normalized spacial score (nSPS) is 18.8. The maximum absolute atomic E-state index is 12.6. The Morgan fingerprint density at radius 1 is 1.44 bits per heavy atom. The first-order chi connectivity index (χ1) is 8.43. The Labute approximate surface area is 102 Å². The summed E-state index contributed by atoms with van der Waals surface area (Å²) in [7, 11) is 1.27. The highest BCUT2D eigenvalue weighted by molar-refractivity contribution is 5.81. The second-order valence-electron chi connectivity index (χ2n) is 4.09. The van der Waals surface area contributed by atoms with E-state index >= 15 is 0 Å². The van der Waals surface area contributed by atoms with E-state index in [9.17, 15) is 18.0 Å². The van der Waals surface area contributed by atoms with Crippen molar-refractivity contribution in [3.8, 4) is 0 Å². The predicted molar refractivity (Wildman–Crippen MR) is 59.3 cm³/mol. The molecule has 1 aliphatic heterocycles. The van der Waals surface area contributed by atoms with Gasteiger partial charge in [0.2, 0.25) is 0 Å². The lowest BCUT2D eigenvalue weighted by Gasteiger charge is -2.25. The summed E-state index contributed by atoms with van der Waals surface area (Å²) in [5.74, 6) is -0.911. The molecule has 3 nitrogen and oxygen atoms in total. The summed E-state index contributed by atoms with van der Waals surface area (Å²) < 4.78 is 42.3. The molecular formula is C12H12F3NO2. The monoisotopic (exact) mass is 259 g/mol. The molecule has 6 heteroatoms. The predicted octanol–water partition coefficient (Wildman–Crippen LogP) is 2.78. The summed E-state index contributed by atoms with van der Waals surface area (Å²) in [4.78, 5) is 11.5. The van der Waals surface area contributed by atoms with Crippen molar-refractivity contribution in [2.24, 2.45) is 0 Å². The molecule has 18 heavy (non-hydrogen) atoms. The lowest BCUT2D eigenvalue weighted by molar-refractivity contribution is -0.142.